The highest BCUT2D eigenvalue weighted by Crippen LogP contribution is 2.24. The molecule has 0 aromatic heterocycles. The van der Waals surface area contributed by atoms with Crippen molar-refractivity contribution in [3.05, 3.63) is 18.2 Å². The van der Waals surface area contributed by atoms with Crippen molar-refractivity contribution < 1.29 is 14.4 Å². The number of rotatable bonds is 1. The Labute approximate surface area is 66.8 Å². The second kappa shape index (κ2) is 2.92. The van der Waals surface area contributed by atoms with Gasteiger partial charge in [-0.2, -0.15) is 0 Å². The molecule has 11 heavy (non-hydrogen) atoms. The molecule has 1 aromatic rings. The van der Waals surface area contributed by atoms with Crippen molar-refractivity contribution in [3.8, 4) is 11.5 Å². The molecule has 0 heterocycles. The lowest BCUT2D eigenvalue weighted by Crippen LogP contribution is -1.86. The van der Waals surface area contributed by atoms with Crippen molar-refractivity contribution in [1.29, 1.82) is 0 Å². The zero-order valence-electron chi connectivity index (χ0n) is 5.94. The fourth-order valence-corrected chi connectivity index (χ4v) is 1.38. The number of aromatic hydroxyl groups is 2. The normalized spacial score (nSPS) is 12.8. The van der Waals surface area contributed by atoms with Gasteiger partial charge in [-0.05, 0) is 18.2 Å². The summed E-state index contributed by atoms with van der Waals surface area (Å²) in [6, 6.07) is 3.93. The molecule has 4 heteroatoms. The Morgan fingerprint density at radius 3 is 2.45 bits per heavy atom. The van der Waals surface area contributed by atoms with Gasteiger partial charge in [0.2, 0.25) is 0 Å². The second-order valence-corrected chi connectivity index (χ2v) is 3.45. The van der Waals surface area contributed by atoms with Crippen LogP contribution in [0, 0.1) is 0 Å². The molecule has 1 rings (SSSR count). The number of hydrogen-bond acceptors (Lipinski definition) is 3. The van der Waals surface area contributed by atoms with Crippen molar-refractivity contribution in [1.82, 2.24) is 0 Å². The minimum atomic E-state index is -1.26. The largest absolute Gasteiger partial charge is 0.508 e. The van der Waals surface area contributed by atoms with Crippen LogP contribution in [0.4, 0.5) is 0 Å². The molecule has 0 aliphatic carbocycles. The van der Waals surface area contributed by atoms with E-state index in [2.05, 4.69) is 0 Å². The Morgan fingerprint density at radius 1 is 1.36 bits per heavy atom. The summed E-state index contributed by atoms with van der Waals surface area (Å²) in [6.45, 7) is 0. The van der Waals surface area contributed by atoms with Gasteiger partial charge in [0.15, 0.2) is 0 Å². The predicted octanol–water partition coefficient (Wildman–Crippen LogP) is 0.835. The minimum Gasteiger partial charge on any atom is -0.508 e. The molecule has 0 saturated carbocycles. The van der Waals surface area contributed by atoms with Gasteiger partial charge in [-0.15, -0.1) is 0 Å². The van der Waals surface area contributed by atoms with Gasteiger partial charge < -0.3 is 10.2 Å². The van der Waals surface area contributed by atoms with Crippen LogP contribution >= 0.6 is 0 Å². The van der Waals surface area contributed by atoms with Crippen LogP contribution in [0.5, 0.6) is 11.5 Å². The van der Waals surface area contributed by atoms with Crippen molar-refractivity contribution in [2.45, 2.75) is 4.90 Å². The van der Waals surface area contributed by atoms with Crippen LogP contribution in [0.3, 0.4) is 0 Å². The standard InChI is InChI=1S/C7H8O3S/c1-11(10)7-4-5(8)2-3-6(7)9/h2-4,8-9H,1H3. The maximum atomic E-state index is 10.9. The second-order valence-electron chi connectivity index (χ2n) is 2.11. The molecule has 0 aliphatic heterocycles. The van der Waals surface area contributed by atoms with Crippen LogP contribution in [0.1, 0.15) is 0 Å². The van der Waals surface area contributed by atoms with Gasteiger partial charge in [0.25, 0.3) is 0 Å². The maximum Gasteiger partial charge on any atom is 0.131 e. The van der Waals surface area contributed by atoms with E-state index in [9.17, 15) is 4.21 Å². The summed E-state index contributed by atoms with van der Waals surface area (Å²) in [5.41, 5.74) is 0. The molecule has 0 radical (unpaired) electrons. The molecular formula is C7H8O3S. The monoisotopic (exact) mass is 172 g/mol. The third kappa shape index (κ3) is 1.71. The van der Waals surface area contributed by atoms with Gasteiger partial charge in [-0.25, -0.2) is 0 Å². The molecule has 0 amide bonds. The predicted molar refractivity (Wildman–Crippen MR) is 42.1 cm³/mol. The lowest BCUT2D eigenvalue weighted by atomic mass is 10.3. The van der Waals surface area contributed by atoms with Crippen molar-refractivity contribution in [2.75, 3.05) is 6.26 Å². The number of hydrogen-bond donors (Lipinski definition) is 2. The van der Waals surface area contributed by atoms with Gasteiger partial charge in [-0.1, -0.05) is 0 Å². The van der Waals surface area contributed by atoms with E-state index in [1.54, 1.807) is 0 Å². The zero-order valence-corrected chi connectivity index (χ0v) is 6.76. The SMILES string of the molecule is CS(=O)c1cc(O)ccc1O. The highest BCUT2D eigenvalue weighted by atomic mass is 32.2. The van der Waals surface area contributed by atoms with Crippen LogP contribution in [-0.4, -0.2) is 20.7 Å². The van der Waals surface area contributed by atoms with Crippen LogP contribution < -0.4 is 0 Å². The van der Waals surface area contributed by atoms with E-state index < -0.39 is 10.8 Å². The molecule has 1 unspecified atom stereocenters. The van der Waals surface area contributed by atoms with E-state index in [1.165, 1.54) is 24.5 Å². The number of benzene rings is 1. The Hall–Kier alpha value is -1.03. The van der Waals surface area contributed by atoms with Crippen molar-refractivity contribution >= 4 is 10.8 Å². The smallest absolute Gasteiger partial charge is 0.131 e. The van der Waals surface area contributed by atoms with Gasteiger partial charge in [0, 0.05) is 6.26 Å². The van der Waals surface area contributed by atoms with E-state index in [-0.39, 0.29) is 16.4 Å². The fraction of sp³-hybridized carbons (Fsp3) is 0.143. The first-order valence-electron chi connectivity index (χ1n) is 2.96. The lowest BCUT2D eigenvalue weighted by Gasteiger charge is -1.99. The van der Waals surface area contributed by atoms with Crippen LogP contribution in [0.25, 0.3) is 0 Å². The molecule has 1 atom stereocenters. The Morgan fingerprint density at radius 2 is 2.00 bits per heavy atom. The van der Waals surface area contributed by atoms with E-state index in [4.69, 9.17) is 10.2 Å². The van der Waals surface area contributed by atoms with Gasteiger partial charge in [0.05, 0.1) is 15.7 Å². The molecule has 0 fully saturated rings. The lowest BCUT2D eigenvalue weighted by molar-refractivity contribution is 0.447. The number of phenols is 2. The van der Waals surface area contributed by atoms with E-state index in [0.717, 1.165) is 0 Å². The molecule has 0 aliphatic rings. The van der Waals surface area contributed by atoms with E-state index in [1.807, 2.05) is 0 Å². The van der Waals surface area contributed by atoms with Gasteiger partial charge in [0.1, 0.15) is 11.5 Å². The molecule has 1 aromatic carbocycles. The first-order valence-corrected chi connectivity index (χ1v) is 4.52. The summed E-state index contributed by atoms with van der Waals surface area (Å²) in [7, 11) is -1.26. The molecule has 2 N–H and O–H groups in total. The molecule has 0 bridgehead atoms. The molecule has 60 valence electrons. The highest BCUT2D eigenvalue weighted by molar-refractivity contribution is 7.84. The molecule has 0 spiro atoms. The summed E-state index contributed by atoms with van der Waals surface area (Å²) in [5, 5.41) is 18.0. The van der Waals surface area contributed by atoms with Crippen LogP contribution in [-0.2, 0) is 10.8 Å². The van der Waals surface area contributed by atoms with Crippen LogP contribution in [0.2, 0.25) is 0 Å². The first-order chi connectivity index (χ1) is 5.11. The Balaban J connectivity index is 3.23. The third-order valence-electron chi connectivity index (χ3n) is 1.25. The average Bonchev–Trinajstić information content (AvgIpc) is 1.94. The summed E-state index contributed by atoms with van der Waals surface area (Å²) >= 11 is 0. The van der Waals surface area contributed by atoms with E-state index >= 15 is 0 Å². The Kier molecular flexibility index (Phi) is 2.14. The van der Waals surface area contributed by atoms with Crippen LogP contribution in [0.15, 0.2) is 23.1 Å². The quantitative estimate of drug-likeness (QED) is 0.617. The van der Waals surface area contributed by atoms with Crippen molar-refractivity contribution in [2.24, 2.45) is 0 Å². The molecule has 0 saturated heterocycles. The molecular weight excluding hydrogens is 164 g/mol. The summed E-state index contributed by atoms with van der Waals surface area (Å²) in [6.07, 6.45) is 1.44. The third-order valence-corrected chi connectivity index (χ3v) is 2.20. The van der Waals surface area contributed by atoms with Crippen molar-refractivity contribution in [3.63, 3.8) is 0 Å². The van der Waals surface area contributed by atoms with Gasteiger partial charge in [-0.3, -0.25) is 4.21 Å². The summed E-state index contributed by atoms with van der Waals surface area (Å²) < 4.78 is 10.9. The minimum absolute atomic E-state index is 0.00741. The molecule has 3 nitrogen and oxygen atoms in total. The fourth-order valence-electron chi connectivity index (χ4n) is 0.733. The number of phenolic OH excluding ortho intramolecular Hbond substituents is 2. The zero-order chi connectivity index (χ0) is 8.43. The summed E-state index contributed by atoms with van der Waals surface area (Å²) in [5.74, 6) is -0.0448. The highest BCUT2D eigenvalue weighted by Gasteiger charge is 2.04. The summed E-state index contributed by atoms with van der Waals surface area (Å²) in [4.78, 5) is 0.255. The topological polar surface area (TPSA) is 57.5 Å². The first kappa shape index (κ1) is 8.07. The van der Waals surface area contributed by atoms with E-state index in [0.29, 0.717) is 0 Å². The maximum absolute atomic E-state index is 10.9. The van der Waals surface area contributed by atoms with Gasteiger partial charge >= 0.3 is 0 Å². The average molecular weight is 172 g/mol. The Bertz CT molecular complexity index is 296.